The largest absolute Gasteiger partial charge is 0.352 e. The second-order valence-corrected chi connectivity index (χ2v) is 5.87. The highest BCUT2D eigenvalue weighted by molar-refractivity contribution is 9.10. The lowest BCUT2D eigenvalue weighted by Gasteiger charge is -2.12. The lowest BCUT2D eigenvalue weighted by Crippen LogP contribution is -2.28. The summed E-state index contributed by atoms with van der Waals surface area (Å²) < 4.78 is 0.788. The fourth-order valence-electron chi connectivity index (χ4n) is 1.67. The molecule has 18 heavy (non-hydrogen) atoms. The Morgan fingerprint density at radius 1 is 1.56 bits per heavy atom. The van der Waals surface area contributed by atoms with Gasteiger partial charge < -0.3 is 5.32 Å². The van der Waals surface area contributed by atoms with Crippen LogP contribution in [0.5, 0.6) is 0 Å². The highest BCUT2D eigenvalue weighted by Gasteiger charge is 2.09. The fourth-order valence-corrected chi connectivity index (χ4v) is 2.10. The summed E-state index contributed by atoms with van der Waals surface area (Å²) in [5.74, 6) is 0.287. The van der Waals surface area contributed by atoms with Crippen molar-refractivity contribution in [1.82, 2.24) is 5.32 Å². The van der Waals surface area contributed by atoms with Gasteiger partial charge in [0.05, 0.1) is 5.02 Å². The maximum absolute atomic E-state index is 11.9. The van der Waals surface area contributed by atoms with Crippen molar-refractivity contribution in [2.24, 2.45) is 5.92 Å². The zero-order valence-electron chi connectivity index (χ0n) is 10.6. The van der Waals surface area contributed by atoms with E-state index >= 15 is 0 Å². The topological polar surface area (TPSA) is 29.1 Å². The van der Waals surface area contributed by atoms with E-state index in [2.05, 4.69) is 34.7 Å². The monoisotopic (exact) mass is 329 g/mol. The van der Waals surface area contributed by atoms with E-state index in [0.29, 0.717) is 23.0 Å². The van der Waals surface area contributed by atoms with Crippen LogP contribution < -0.4 is 5.32 Å². The molecule has 98 valence electrons. The molecule has 1 aromatic rings. The molecule has 0 aliphatic heterocycles. The molecule has 0 fully saturated rings. The summed E-state index contributed by atoms with van der Waals surface area (Å²) in [4.78, 5) is 11.9. The molecule has 1 N–H and O–H groups in total. The second-order valence-electron chi connectivity index (χ2n) is 4.61. The number of carbonyl (C=O) groups excluding carboxylic acids is 1. The third-order valence-corrected chi connectivity index (χ3v) is 3.72. The minimum Gasteiger partial charge on any atom is -0.352 e. The number of hydrogen-bond acceptors (Lipinski definition) is 1. The van der Waals surface area contributed by atoms with E-state index in [1.807, 2.05) is 6.92 Å². The molecule has 1 atom stereocenters. The Balaban J connectivity index is 2.55. The number of amides is 1. The summed E-state index contributed by atoms with van der Waals surface area (Å²) in [7, 11) is 0. The SMILES string of the molecule is C=C(C)CC(C)CNC(=O)c1ccc(Br)c(Cl)c1. The molecule has 1 aromatic carbocycles. The number of rotatable bonds is 5. The van der Waals surface area contributed by atoms with Gasteiger partial charge in [0, 0.05) is 16.6 Å². The molecule has 0 saturated heterocycles. The van der Waals surface area contributed by atoms with Crippen molar-refractivity contribution in [1.29, 1.82) is 0 Å². The number of allylic oxidation sites excluding steroid dienone is 1. The zero-order chi connectivity index (χ0) is 13.7. The summed E-state index contributed by atoms with van der Waals surface area (Å²) in [6.45, 7) is 8.58. The van der Waals surface area contributed by atoms with Crippen LogP contribution in [0, 0.1) is 5.92 Å². The predicted octanol–water partition coefficient (Wildman–Crippen LogP) is 4.43. The highest BCUT2D eigenvalue weighted by atomic mass is 79.9. The average molecular weight is 331 g/mol. The van der Waals surface area contributed by atoms with Crippen LogP contribution in [0.3, 0.4) is 0 Å². The lowest BCUT2D eigenvalue weighted by molar-refractivity contribution is 0.0948. The van der Waals surface area contributed by atoms with Crippen LogP contribution in [-0.4, -0.2) is 12.5 Å². The van der Waals surface area contributed by atoms with E-state index in [4.69, 9.17) is 11.6 Å². The van der Waals surface area contributed by atoms with E-state index in [1.54, 1.807) is 18.2 Å². The van der Waals surface area contributed by atoms with Gasteiger partial charge in [-0.1, -0.05) is 24.1 Å². The van der Waals surface area contributed by atoms with Gasteiger partial charge in [0.15, 0.2) is 0 Å². The highest BCUT2D eigenvalue weighted by Crippen LogP contribution is 2.23. The van der Waals surface area contributed by atoms with Gasteiger partial charge in [0.25, 0.3) is 5.91 Å². The molecular formula is C14H17BrClNO. The molecule has 0 bridgehead atoms. The van der Waals surface area contributed by atoms with Gasteiger partial charge in [-0.05, 0) is 53.4 Å². The van der Waals surface area contributed by atoms with Gasteiger partial charge in [-0.15, -0.1) is 6.58 Å². The first-order chi connectivity index (χ1) is 8.40. The summed E-state index contributed by atoms with van der Waals surface area (Å²) in [6, 6.07) is 5.17. The molecule has 0 aliphatic carbocycles. The Bertz CT molecular complexity index is 459. The normalized spacial score (nSPS) is 12.0. The van der Waals surface area contributed by atoms with Gasteiger partial charge in [-0.3, -0.25) is 4.79 Å². The van der Waals surface area contributed by atoms with Crippen LogP contribution in [0.1, 0.15) is 30.6 Å². The molecule has 2 nitrogen and oxygen atoms in total. The Morgan fingerprint density at radius 3 is 2.78 bits per heavy atom. The molecule has 0 saturated carbocycles. The first kappa shape index (κ1) is 15.3. The smallest absolute Gasteiger partial charge is 0.251 e. The lowest BCUT2D eigenvalue weighted by atomic mass is 10.0. The van der Waals surface area contributed by atoms with E-state index < -0.39 is 0 Å². The van der Waals surface area contributed by atoms with E-state index in [1.165, 1.54) is 0 Å². The van der Waals surface area contributed by atoms with Gasteiger partial charge >= 0.3 is 0 Å². The van der Waals surface area contributed by atoms with Gasteiger partial charge in [-0.25, -0.2) is 0 Å². The summed E-state index contributed by atoms with van der Waals surface area (Å²) in [6.07, 6.45) is 0.918. The first-order valence-electron chi connectivity index (χ1n) is 5.77. The van der Waals surface area contributed by atoms with Crippen molar-refractivity contribution in [3.8, 4) is 0 Å². The molecule has 0 spiro atoms. The Labute approximate surface area is 122 Å². The minimum atomic E-state index is -0.0991. The average Bonchev–Trinajstić information content (AvgIpc) is 2.28. The molecule has 0 aliphatic rings. The number of carbonyl (C=O) groups is 1. The van der Waals surface area contributed by atoms with Gasteiger partial charge in [0.2, 0.25) is 0 Å². The van der Waals surface area contributed by atoms with Gasteiger partial charge in [0.1, 0.15) is 0 Å². The maximum atomic E-state index is 11.9. The molecule has 1 amide bonds. The Morgan fingerprint density at radius 2 is 2.22 bits per heavy atom. The molecule has 0 radical (unpaired) electrons. The summed E-state index contributed by atoms with van der Waals surface area (Å²) in [5, 5.41) is 3.44. The maximum Gasteiger partial charge on any atom is 0.251 e. The zero-order valence-corrected chi connectivity index (χ0v) is 12.9. The molecular weight excluding hydrogens is 314 g/mol. The number of benzene rings is 1. The van der Waals surface area contributed by atoms with Crippen LogP contribution >= 0.6 is 27.5 Å². The first-order valence-corrected chi connectivity index (χ1v) is 6.95. The number of hydrogen-bond donors (Lipinski definition) is 1. The third-order valence-electron chi connectivity index (χ3n) is 2.49. The van der Waals surface area contributed by atoms with E-state index in [0.717, 1.165) is 16.5 Å². The molecule has 0 heterocycles. The van der Waals surface area contributed by atoms with Crippen molar-refractivity contribution in [2.75, 3.05) is 6.54 Å². The fraction of sp³-hybridized carbons (Fsp3) is 0.357. The Kier molecular flexibility index (Phi) is 5.89. The molecule has 0 aromatic heterocycles. The molecule has 4 heteroatoms. The summed E-state index contributed by atoms with van der Waals surface area (Å²) >= 11 is 9.25. The standard InChI is InChI=1S/C14H17BrClNO/c1-9(2)6-10(3)8-17-14(18)11-4-5-12(15)13(16)7-11/h4-5,7,10H,1,6,8H2,2-3H3,(H,17,18). The van der Waals surface area contributed by atoms with Crippen LogP contribution in [0.15, 0.2) is 34.8 Å². The van der Waals surface area contributed by atoms with Crippen LogP contribution in [-0.2, 0) is 0 Å². The number of nitrogens with one attached hydrogen (secondary N) is 1. The van der Waals surface area contributed by atoms with Crippen LogP contribution in [0.25, 0.3) is 0 Å². The van der Waals surface area contributed by atoms with Crippen molar-refractivity contribution >= 4 is 33.4 Å². The predicted molar refractivity (Wildman–Crippen MR) is 80.1 cm³/mol. The van der Waals surface area contributed by atoms with Crippen molar-refractivity contribution in [3.05, 3.63) is 45.4 Å². The quantitative estimate of drug-likeness (QED) is 0.795. The van der Waals surface area contributed by atoms with Crippen molar-refractivity contribution in [2.45, 2.75) is 20.3 Å². The number of halogens is 2. The van der Waals surface area contributed by atoms with Crippen molar-refractivity contribution < 1.29 is 4.79 Å². The molecule has 1 unspecified atom stereocenters. The third kappa shape index (κ3) is 4.83. The second kappa shape index (κ2) is 6.95. The van der Waals surface area contributed by atoms with Crippen LogP contribution in [0.4, 0.5) is 0 Å². The Hall–Kier alpha value is -0.800. The summed E-state index contributed by atoms with van der Waals surface area (Å²) in [5.41, 5.74) is 1.70. The van der Waals surface area contributed by atoms with E-state index in [9.17, 15) is 4.79 Å². The van der Waals surface area contributed by atoms with Crippen molar-refractivity contribution in [3.63, 3.8) is 0 Å². The van der Waals surface area contributed by atoms with E-state index in [-0.39, 0.29) is 5.91 Å². The minimum absolute atomic E-state index is 0.0991. The van der Waals surface area contributed by atoms with Crippen LogP contribution in [0.2, 0.25) is 5.02 Å². The molecule has 1 rings (SSSR count). The van der Waals surface area contributed by atoms with Gasteiger partial charge in [-0.2, -0.15) is 0 Å².